The summed E-state index contributed by atoms with van der Waals surface area (Å²) in [6, 6.07) is 19.9. The van der Waals surface area contributed by atoms with Gasteiger partial charge in [0.2, 0.25) is 5.88 Å². The molecule has 4 heterocycles. The first-order valence-corrected chi connectivity index (χ1v) is 13.6. The predicted molar refractivity (Wildman–Crippen MR) is 153 cm³/mol. The molecule has 1 aliphatic heterocycles. The minimum atomic E-state index is 0.0650. The van der Waals surface area contributed by atoms with Crippen molar-refractivity contribution in [2.45, 2.75) is 13.8 Å². The number of ketones is 1. The number of thiophene rings is 1. The van der Waals surface area contributed by atoms with Gasteiger partial charge >= 0.3 is 0 Å². The molecule has 6 rings (SSSR count). The van der Waals surface area contributed by atoms with E-state index in [1.807, 2.05) is 61.5 Å². The Balaban J connectivity index is 1.40. The van der Waals surface area contributed by atoms with Crippen LogP contribution in [0, 0.1) is 11.3 Å². The van der Waals surface area contributed by atoms with E-state index in [0.717, 1.165) is 63.7 Å². The van der Waals surface area contributed by atoms with Crippen molar-refractivity contribution in [2.24, 2.45) is 0 Å². The van der Waals surface area contributed by atoms with Gasteiger partial charge in [0.25, 0.3) is 0 Å². The fraction of sp³-hybridized carbons (Fsp3) is 0.241. The van der Waals surface area contributed by atoms with Crippen LogP contribution in [0.2, 0.25) is 0 Å². The number of aromatic nitrogens is 4. The maximum absolute atomic E-state index is 11.6. The molecular weight excluding hydrogens is 510 g/mol. The highest BCUT2D eigenvalue weighted by atomic mass is 32.1. The van der Waals surface area contributed by atoms with E-state index in [1.54, 1.807) is 6.92 Å². The lowest BCUT2D eigenvalue weighted by Gasteiger charge is -2.36. The third kappa shape index (κ3) is 4.41. The zero-order chi connectivity index (χ0) is 26.9. The molecule has 194 valence electrons. The van der Waals surface area contributed by atoms with Crippen LogP contribution in [0.5, 0.6) is 5.88 Å². The Morgan fingerprint density at radius 2 is 1.74 bits per heavy atom. The van der Waals surface area contributed by atoms with E-state index in [2.05, 4.69) is 31.3 Å². The van der Waals surface area contributed by atoms with Crippen LogP contribution in [0.3, 0.4) is 0 Å². The number of benzene rings is 2. The quantitative estimate of drug-likeness (QED) is 0.274. The largest absolute Gasteiger partial charge is 0.477 e. The summed E-state index contributed by atoms with van der Waals surface area (Å²) >= 11 is 1.50. The summed E-state index contributed by atoms with van der Waals surface area (Å²) in [5.41, 5.74) is 4.53. The first kappa shape index (κ1) is 24.7. The van der Waals surface area contributed by atoms with E-state index in [9.17, 15) is 10.1 Å². The first-order chi connectivity index (χ1) is 19.1. The summed E-state index contributed by atoms with van der Waals surface area (Å²) in [4.78, 5) is 21.6. The van der Waals surface area contributed by atoms with Crippen molar-refractivity contribution in [3.63, 3.8) is 0 Å². The second kappa shape index (κ2) is 10.3. The molecule has 9 nitrogen and oxygen atoms in total. The van der Waals surface area contributed by atoms with Crippen molar-refractivity contribution < 1.29 is 9.53 Å². The van der Waals surface area contributed by atoms with E-state index >= 15 is 0 Å². The van der Waals surface area contributed by atoms with Crippen LogP contribution < -0.4 is 14.5 Å². The standard InChI is InChI=1S/C29H25N7O2S/c1-3-38-28-22(17-30)23(20-7-5-4-6-8-20)24-25-26(39-29(24)31-28)27(33-34-32-25)36-15-13-35(14-16-36)21-11-9-19(10-12-21)18(2)37/h4-12H,3,13-16H2,1-2H3. The zero-order valence-electron chi connectivity index (χ0n) is 21.6. The summed E-state index contributed by atoms with van der Waals surface area (Å²) in [6.45, 7) is 6.97. The van der Waals surface area contributed by atoms with E-state index < -0.39 is 0 Å². The molecule has 0 aliphatic carbocycles. The van der Waals surface area contributed by atoms with E-state index in [4.69, 9.17) is 9.72 Å². The SMILES string of the molecule is CCOc1nc2sc3c(N4CCN(c5ccc(C(C)=O)cc5)CC4)nnnc3c2c(-c2ccccc2)c1C#N. The lowest BCUT2D eigenvalue weighted by Crippen LogP contribution is -2.47. The van der Waals surface area contributed by atoms with Crippen molar-refractivity contribution in [1.29, 1.82) is 5.26 Å². The van der Waals surface area contributed by atoms with Gasteiger partial charge in [-0.25, -0.2) is 4.98 Å². The van der Waals surface area contributed by atoms with Crippen molar-refractivity contribution >= 4 is 49.1 Å². The number of nitrogens with zero attached hydrogens (tertiary/aromatic N) is 7. The molecule has 0 unspecified atom stereocenters. The minimum Gasteiger partial charge on any atom is -0.477 e. The Bertz CT molecular complexity index is 1720. The van der Waals surface area contributed by atoms with Gasteiger partial charge in [0, 0.05) is 48.4 Å². The number of hydrogen-bond acceptors (Lipinski definition) is 10. The Kier molecular flexibility index (Phi) is 6.50. The normalized spacial score (nSPS) is 13.6. The number of ether oxygens (including phenoxy) is 1. The second-order valence-electron chi connectivity index (χ2n) is 9.23. The fourth-order valence-electron chi connectivity index (χ4n) is 5.03. The molecule has 0 radical (unpaired) electrons. The molecule has 0 saturated carbocycles. The molecule has 0 bridgehead atoms. The maximum Gasteiger partial charge on any atom is 0.233 e. The van der Waals surface area contributed by atoms with Gasteiger partial charge in [-0.2, -0.15) is 5.26 Å². The number of fused-ring (bicyclic) bond motifs is 3. The number of carbonyl (C=O) groups is 1. The molecular formula is C29H25N7O2S. The highest BCUT2D eigenvalue weighted by Gasteiger charge is 2.27. The topological polar surface area (TPSA) is 108 Å². The molecule has 0 spiro atoms. The summed E-state index contributed by atoms with van der Waals surface area (Å²) in [5.74, 6) is 1.16. The summed E-state index contributed by atoms with van der Waals surface area (Å²) < 4.78 is 6.69. The van der Waals surface area contributed by atoms with Gasteiger partial charge in [0.15, 0.2) is 11.6 Å². The number of rotatable bonds is 6. The lowest BCUT2D eigenvalue weighted by molar-refractivity contribution is 0.101. The molecule has 39 heavy (non-hydrogen) atoms. The van der Waals surface area contributed by atoms with Gasteiger partial charge in [-0.1, -0.05) is 30.3 Å². The molecule has 10 heteroatoms. The number of carbonyl (C=O) groups excluding carboxylic acids is 1. The van der Waals surface area contributed by atoms with Gasteiger partial charge in [-0.3, -0.25) is 4.79 Å². The third-order valence-corrected chi connectivity index (χ3v) is 8.01. The first-order valence-electron chi connectivity index (χ1n) is 12.8. The maximum atomic E-state index is 11.6. The average Bonchev–Trinajstić information content (AvgIpc) is 3.35. The molecule has 5 aromatic rings. The van der Waals surface area contributed by atoms with Gasteiger partial charge in [0.05, 0.1) is 6.61 Å². The molecule has 0 atom stereocenters. The Labute approximate surface area is 229 Å². The average molecular weight is 536 g/mol. The van der Waals surface area contributed by atoms with Gasteiger partial charge < -0.3 is 14.5 Å². The number of nitriles is 1. The molecule has 1 saturated heterocycles. The number of anilines is 2. The molecule has 1 aliphatic rings. The van der Waals surface area contributed by atoms with Crippen LogP contribution in [0.25, 0.3) is 31.6 Å². The minimum absolute atomic E-state index is 0.0650. The van der Waals surface area contributed by atoms with Crippen LogP contribution in [-0.2, 0) is 0 Å². The van der Waals surface area contributed by atoms with Crippen LogP contribution in [0.15, 0.2) is 54.6 Å². The Morgan fingerprint density at radius 3 is 2.41 bits per heavy atom. The third-order valence-electron chi connectivity index (χ3n) is 6.94. The number of hydrogen-bond donors (Lipinski definition) is 0. The van der Waals surface area contributed by atoms with E-state index in [-0.39, 0.29) is 5.78 Å². The van der Waals surface area contributed by atoms with Crippen LogP contribution in [0.4, 0.5) is 11.5 Å². The lowest BCUT2D eigenvalue weighted by atomic mass is 9.98. The summed E-state index contributed by atoms with van der Waals surface area (Å²) in [5, 5.41) is 24.0. The highest BCUT2D eigenvalue weighted by Crippen LogP contribution is 2.44. The summed E-state index contributed by atoms with van der Waals surface area (Å²) in [6.07, 6.45) is 0. The molecule has 0 N–H and O–H groups in total. The van der Waals surface area contributed by atoms with Crippen molar-refractivity contribution in [1.82, 2.24) is 20.4 Å². The Hall–Kier alpha value is -4.62. The Morgan fingerprint density at radius 1 is 1.03 bits per heavy atom. The van der Waals surface area contributed by atoms with Crippen LogP contribution >= 0.6 is 11.3 Å². The van der Waals surface area contributed by atoms with Crippen molar-refractivity contribution in [3.05, 3.63) is 65.7 Å². The number of pyridine rings is 1. The molecule has 2 aromatic carbocycles. The van der Waals surface area contributed by atoms with Crippen LogP contribution in [0.1, 0.15) is 29.8 Å². The van der Waals surface area contributed by atoms with E-state index in [0.29, 0.717) is 29.1 Å². The fourth-order valence-corrected chi connectivity index (χ4v) is 6.15. The summed E-state index contributed by atoms with van der Waals surface area (Å²) in [7, 11) is 0. The number of piperazine rings is 1. The van der Waals surface area contributed by atoms with Crippen molar-refractivity contribution in [3.8, 4) is 23.1 Å². The van der Waals surface area contributed by atoms with E-state index in [1.165, 1.54) is 11.3 Å². The second-order valence-corrected chi connectivity index (χ2v) is 10.2. The monoisotopic (exact) mass is 535 g/mol. The molecule has 1 fully saturated rings. The zero-order valence-corrected chi connectivity index (χ0v) is 22.4. The van der Waals surface area contributed by atoms with Crippen molar-refractivity contribution in [2.75, 3.05) is 42.6 Å². The van der Waals surface area contributed by atoms with Gasteiger partial charge in [0.1, 0.15) is 26.7 Å². The van der Waals surface area contributed by atoms with Crippen LogP contribution in [-0.4, -0.2) is 59.0 Å². The number of Topliss-reactive ketones (excluding diaryl/α,β-unsaturated/α-hetero) is 1. The van der Waals surface area contributed by atoms with Gasteiger partial charge in [-0.05, 0) is 48.9 Å². The highest BCUT2D eigenvalue weighted by molar-refractivity contribution is 7.26. The molecule has 3 aromatic heterocycles. The van der Waals surface area contributed by atoms with Gasteiger partial charge in [-0.15, -0.1) is 21.5 Å². The predicted octanol–water partition coefficient (Wildman–Crippen LogP) is 5.10. The molecule has 0 amide bonds. The smallest absolute Gasteiger partial charge is 0.233 e.